The zero-order chi connectivity index (χ0) is 32.0. The molecule has 234 valence electrons. The number of carbonyl (C=O) groups excluding carboxylic acids is 3. The number of nitrogens with one attached hydrogen (secondary N) is 2. The second-order valence-electron chi connectivity index (χ2n) is 12.1. The molecule has 0 aromatic heterocycles. The van der Waals surface area contributed by atoms with E-state index in [9.17, 15) is 24.6 Å². The van der Waals surface area contributed by atoms with Crippen LogP contribution in [-0.4, -0.2) is 64.2 Å². The summed E-state index contributed by atoms with van der Waals surface area (Å²) in [5, 5.41) is 27.5. The zero-order valence-electron chi connectivity index (χ0n) is 26.1. The molecule has 1 heterocycles. The van der Waals surface area contributed by atoms with E-state index in [-0.39, 0.29) is 23.6 Å². The summed E-state index contributed by atoms with van der Waals surface area (Å²) in [4.78, 5) is 42.4. The molecule has 0 saturated carbocycles. The van der Waals surface area contributed by atoms with Gasteiger partial charge in [0.15, 0.2) is 6.10 Å². The molecule has 9 heteroatoms. The van der Waals surface area contributed by atoms with Crippen LogP contribution in [0, 0.1) is 19.3 Å². The average Bonchev–Trinajstić information content (AvgIpc) is 3.32. The Morgan fingerprint density at radius 1 is 1.02 bits per heavy atom. The van der Waals surface area contributed by atoms with Gasteiger partial charge in [0.05, 0.1) is 12.6 Å². The van der Waals surface area contributed by atoms with Gasteiger partial charge in [-0.25, -0.2) is 0 Å². The topological polar surface area (TPSA) is 128 Å². The number of likely N-dealkylation sites (tertiary alicyclic amines) is 1. The Kier molecular flexibility index (Phi) is 10.3. The minimum Gasteiger partial charge on any atom is -0.508 e. The third-order valence-corrected chi connectivity index (χ3v) is 8.49. The lowest BCUT2D eigenvalue weighted by Gasteiger charge is -2.34. The first-order chi connectivity index (χ1) is 20.9. The summed E-state index contributed by atoms with van der Waals surface area (Å²) in [5.74, 6) is -0.802. The normalized spacial score (nSPS) is 17.0. The van der Waals surface area contributed by atoms with Crippen molar-refractivity contribution in [2.24, 2.45) is 5.41 Å². The van der Waals surface area contributed by atoms with Crippen molar-refractivity contribution >= 4 is 17.7 Å². The number of rotatable bonds is 11. The van der Waals surface area contributed by atoms with Crippen LogP contribution in [0.15, 0.2) is 66.7 Å². The number of aryl methyl sites for hydroxylation is 1. The van der Waals surface area contributed by atoms with Crippen LogP contribution in [0.25, 0.3) is 0 Å². The van der Waals surface area contributed by atoms with Gasteiger partial charge in [-0.05, 0) is 80.0 Å². The molecule has 1 saturated heterocycles. The summed E-state index contributed by atoms with van der Waals surface area (Å²) in [6.45, 7) is 10.5. The fourth-order valence-corrected chi connectivity index (χ4v) is 5.76. The Morgan fingerprint density at radius 3 is 2.41 bits per heavy atom. The number of aromatic hydroxyl groups is 1. The minimum atomic E-state index is -1.64. The molecule has 44 heavy (non-hydrogen) atoms. The Labute approximate surface area is 259 Å². The highest BCUT2D eigenvalue weighted by Gasteiger charge is 2.49. The van der Waals surface area contributed by atoms with Crippen molar-refractivity contribution in [1.82, 2.24) is 15.5 Å². The van der Waals surface area contributed by atoms with Crippen molar-refractivity contribution < 1.29 is 29.3 Å². The van der Waals surface area contributed by atoms with Gasteiger partial charge in [0.1, 0.15) is 17.5 Å². The molecule has 1 fully saturated rings. The number of ether oxygens (including phenoxy) is 1. The minimum absolute atomic E-state index is 0.0313. The van der Waals surface area contributed by atoms with Gasteiger partial charge in [0.25, 0.3) is 11.8 Å². The van der Waals surface area contributed by atoms with E-state index in [2.05, 4.69) is 10.6 Å². The lowest BCUT2D eigenvalue weighted by atomic mass is 9.84. The molecular weight excluding hydrogens is 558 g/mol. The van der Waals surface area contributed by atoms with Gasteiger partial charge in [0, 0.05) is 24.2 Å². The van der Waals surface area contributed by atoms with Gasteiger partial charge in [-0.1, -0.05) is 56.3 Å². The van der Waals surface area contributed by atoms with E-state index in [1.165, 1.54) is 11.0 Å². The number of hydrogen-bond donors (Lipinski definition) is 4. The maximum Gasteiger partial charge on any atom is 0.254 e. The number of aliphatic hydroxyl groups is 1. The fourth-order valence-electron chi connectivity index (χ4n) is 5.76. The number of benzene rings is 3. The van der Waals surface area contributed by atoms with Crippen LogP contribution in [0.4, 0.5) is 0 Å². The molecule has 3 atom stereocenters. The van der Waals surface area contributed by atoms with Crippen LogP contribution in [-0.2, 0) is 22.6 Å². The third kappa shape index (κ3) is 7.39. The van der Waals surface area contributed by atoms with Crippen LogP contribution < -0.4 is 15.4 Å². The molecule has 0 bridgehead atoms. The monoisotopic (exact) mass is 601 g/mol. The van der Waals surface area contributed by atoms with Crippen molar-refractivity contribution in [3.63, 3.8) is 0 Å². The molecule has 0 unspecified atom stereocenters. The van der Waals surface area contributed by atoms with Crippen LogP contribution in [0.5, 0.6) is 11.5 Å². The van der Waals surface area contributed by atoms with Crippen molar-refractivity contribution in [1.29, 1.82) is 0 Å². The van der Waals surface area contributed by atoms with E-state index in [0.717, 1.165) is 16.7 Å². The Bertz CT molecular complexity index is 1490. The highest BCUT2D eigenvalue weighted by molar-refractivity contribution is 5.97. The summed E-state index contributed by atoms with van der Waals surface area (Å²) in [6, 6.07) is 17.8. The highest BCUT2D eigenvalue weighted by Crippen LogP contribution is 2.37. The second kappa shape index (κ2) is 13.9. The second-order valence-corrected chi connectivity index (χ2v) is 12.1. The summed E-state index contributed by atoms with van der Waals surface area (Å²) in [7, 11) is 0. The SMILES string of the molecule is CCOc1ccc(C[C@H](NC(=O)c2cccc(O)c2C)[C@H](O)C(=O)N2CCC(C)(C)[C@H]2C(=O)NCc2ccccc2C)cc1. The molecule has 9 nitrogen and oxygen atoms in total. The highest BCUT2D eigenvalue weighted by atomic mass is 16.5. The number of amides is 3. The molecular formula is C35H43N3O6. The first kappa shape index (κ1) is 32.5. The first-order valence-corrected chi connectivity index (χ1v) is 15.0. The number of phenols is 1. The van der Waals surface area contributed by atoms with Crippen molar-refractivity contribution in [2.45, 2.75) is 72.2 Å². The van der Waals surface area contributed by atoms with E-state index in [1.807, 2.05) is 64.1 Å². The largest absolute Gasteiger partial charge is 0.508 e. The maximum absolute atomic E-state index is 14.0. The Hall–Kier alpha value is -4.37. The maximum atomic E-state index is 14.0. The standard InChI is InChI=1S/C35H43N3O6/c1-6-44-26-16-14-24(15-17-26)20-28(37-32(41)27-12-9-13-29(39)23(27)3)30(40)34(43)38-19-18-35(4,5)31(38)33(42)36-21-25-11-8-7-10-22(25)2/h7-17,28,30-31,39-40H,6,18-21H2,1-5H3,(H,36,42)(H,37,41)/t28-,30-,31+/m0/s1. The zero-order valence-corrected chi connectivity index (χ0v) is 26.1. The molecule has 4 N–H and O–H groups in total. The Morgan fingerprint density at radius 2 is 1.73 bits per heavy atom. The van der Waals surface area contributed by atoms with Crippen molar-refractivity contribution in [3.05, 3.63) is 94.5 Å². The van der Waals surface area contributed by atoms with Gasteiger partial charge < -0.3 is 30.5 Å². The number of phenolic OH excluding ortho intramolecular Hbond substituents is 1. The quantitative estimate of drug-likeness (QED) is 0.263. The van der Waals surface area contributed by atoms with Crippen LogP contribution in [0.3, 0.4) is 0 Å². The molecule has 3 aromatic rings. The summed E-state index contributed by atoms with van der Waals surface area (Å²) >= 11 is 0. The lowest BCUT2D eigenvalue weighted by Crippen LogP contribution is -2.57. The van der Waals surface area contributed by atoms with Crippen molar-refractivity contribution in [2.75, 3.05) is 13.2 Å². The molecule has 0 spiro atoms. The Balaban J connectivity index is 1.57. The van der Waals surface area contributed by atoms with Crippen molar-refractivity contribution in [3.8, 4) is 11.5 Å². The van der Waals surface area contributed by atoms with E-state index < -0.39 is 35.4 Å². The van der Waals surface area contributed by atoms with Crippen LogP contribution in [0.1, 0.15) is 59.8 Å². The summed E-state index contributed by atoms with van der Waals surface area (Å²) < 4.78 is 5.53. The molecule has 4 rings (SSSR count). The molecule has 3 amide bonds. The van der Waals surface area contributed by atoms with Gasteiger partial charge in [-0.15, -0.1) is 0 Å². The number of nitrogens with zero attached hydrogens (tertiary/aromatic N) is 1. The smallest absolute Gasteiger partial charge is 0.254 e. The lowest BCUT2D eigenvalue weighted by molar-refractivity contribution is -0.148. The number of aliphatic hydroxyl groups excluding tert-OH is 1. The predicted molar refractivity (Wildman–Crippen MR) is 168 cm³/mol. The predicted octanol–water partition coefficient (Wildman–Crippen LogP) is 4.05. The first-order valence-electron chi connectivity index (χ1n) is 15.0. The number of carbonyl (C=O) groups is 3. The van der Waals surface area contributed by atoms with Gasteiger partial charge in [-0.2, -0.15) is 0 Å². The van der Waals surface area contributed by atoms with E-state index in [1.54, 1.807) is 31.2 Å². The fraction of sp³-hybridized carbons (Fsp3) is 0.400. The molecule has 3 aromatic carbocycles. The molecule has 0 radical (unpaired) electrons. The van der Waals surface area contributed by atoms with Crippen LogP contribution in [0.2, 0.25) is 0 Å². The average molecular weight is 602 g/mol. The summed E-state index contributed by atoms with van der Waals surface area (Å²) in [5.41, 5.74) is 2.89. The summed E-state index contributed by atoms with van der Waals surface area (Å²) in [6.07, 6.45) is -0.917. The van der Waals surface area contributed by atoms with Gasteiger partial charge in [-0.3, -0.25) is 14.4 Å². The number of hydrogen-bond acceptors (Lipinski definition) is 6. The molecule has 1 aliphatic heterocycles. The third-order valence-electron chi connectivity index (χ3n) is 8.49. The van der Waals surface area contributed by atoms with E-state index in [4.69, 9.17) is 4.74 Å². The van der Waals surface area contributed by atoms with Crippen LogP contribution >= 0.6 is 0 Å². The van der Waals surface area contributed by atoms with E-state index >= 15 is 0 Å². The van der Waals surface area contributed by atoms with Gasteiger partial charge in [0.2, 0.25) is 5.91 Å². The van der Waals surface area contributed by atoms with Gasteiger partial charge >= 0.3 is 0 Å². The molecule has 1 aliphatic rings. The molecule has 0 aliphatic carbocycles. The van der Waals surface area contributed by atoms with E-state index in [0.29, 0.717) is 37.4 Å².